The number of carbonyl (C=O) groups is 1. The summed E-state index contributed by atoms with van der Waals surface area (Å²) in [6.07, 6.45) is 0.658. The number of hydrogen-bond acceptors (Lipinski definition) is 2. The third kappa shape index (κ3) is 3.59. The zero-order valence-electron chi connectivity index (χ0n) is 8.94. The Kier molecular flexibility index (Phi) is 4.70. The molecule has 0 heterocycles. The molecule has 1 N–H and O–H groups in total. The van der Waals surface area contributed by atoms with E-state index < -0.39 is 5.60 Å². The number of ether oxygens (including phenoxy) is 1. The van der Waals surface area contributed by atoms with E-state index in [1.165, 1.54) is 0 Å². The molecule has 1 amide bonds. The summed E-state index contributed by atoms with van der Waals surface area (Å²) in [4.78, 5) is 11.6. The van der Waals surface area contributed by atoms with Crippen LogP contribution >= 0.6 is 0 Å². The number of carbonyl (C=O) groups excluding carboxylic acids is 1. The Morgan fingerprint density at radius 3 is 2.46 bits per heavy atom. The summed E-state index contributed by atoms with van der Waals surface area (Å²) in [5, 5.41) is 2.76. The van der Waals surface area contributed by atoms with E-state index in [2.05, 4.69) is 11.9 Å². The Morgan fingerprint density at radius 2 is 2.15 bits per heavy atom. The second-order valence-corrected chi connectivity index (χ2v) is 3.43. The molecule has 3 heteroatoms. The molecular weight excluding hydrogens is 166 g/mol. The molecule has 0 radical (unpaired) electrons. The van der Waals surface area contributed by atoms with Crippen LogP contribution < -0.4 is 5.32 Å². The van der Waals surface area contributed by atoms with Gasteiger partial charge in [-0.1, -0.05) is 19.1 Å². The number of methoxy groups -OCH3 is 1. The second-order valence-electron chi connectivity index (χ2n) is 3.43. The minimum atomic E-state index is -0.713. The van der Waals surface area contributed by atoms with E-state index in [-0.39, 0.29) is 5.91 Å². The summed E-state index contributed by atoms with van der Waals surface area (Å²) in [6.45, 7) is 9.79. The lowest BCUT2D eigenvalue weighted by molar-refractivity contribution is -0.141. The van der Waals surface area contributed by atoms with E-state index in [4.69, 9.17) is 4.74 Å². The van der Waals surface area contributed by atoms with Crippen LogP contribution in [0.4, 0.5) is 0 Å². The summed E-state index contributed by atoms with van der Waals surface area (Å²) in [6, 6.07) is 0. The van der Waals surface area contributed by atoms with Crippen molar-refractivity contribution in [1.29, 1.82) is 0 Å². The molecule has 0 aromatic rings. The van der Waals surface area contributed by atoms with Gasteiger partial charge in [-0.05, 0) is 20.3 Å². The quantitative estimate of drug-likeness (QED) is 0.659. The van der Waals surface area contributed by atoms with Crippen LogP contribution in [0.2, 0.25) is 0 Å². The average molecular weight is 185 g/mol. The maximum Gasteiger partial charge on any atom is 0.252 e. The van der Waals surface area contributed by atoms with Gasteiger partial charge in [-0.25, -0.2) is 0 Å². The van der Waals surface area contributed by atoms with Gasteiger partial charge < -0.3 is 10.1 Å². The van der Waals surface area contributed by atoms with Crippen LogP contribution in [-0.4, -0.2) is 25.2 Å². The number of hydrogen-bond donors (Lipinski definition) is 1. The van der Waals surface area contributed by atoms with E-state index in [9.17, 15) is 4.79 Å². The molecule has 0 aliphatic heterocycles. The zero-order valence-corrected chi connectivity index (χ0v) is 8.94. The van der Waals surface area contributed by atoms with Gasteiger partial charge in [-0.3, -0.25) is 4.79 Å². The minimum absolute atomic E-state index is 0.0829. The summed E-state index contributed by atoms with van der Waals surface area (Å²) in [7, 11) is 1.55. The van der Waals surface area contributed by atoms with Crippen molar-refractivity contribution in [3.63, 3.8) is 0 Å². The van der Waals surface area contributed by atoms with Crippen molar-refractivity contribution in [3.8, 4) is 0 Å². The van der Waals surface area contributed by atoms with Gasteiger partial charge in [0.15, 0.2) is 0 Å². The topological polar surface area (TPSA) is 38.3 Å². The highest BCUT2D eigenvalue weighted by atomic mass is 16.5. The third-order valence-electron chi connectivity index (χ3n) is 2.16. The monoisotopic (exact) mass is 185 g/mol. The van der Waals surface area contributed by atoms with Crippen LogP contribution in [0, 0.1) is 0 Å². The minimum Gasteiger partial charge on any atom is -0.369 e. The molecule has 0 aliphatic rings. The summed E-state index contributed by atoms with van der Waals surface area (Å²) >= 11 is 0. The maximum atomic E-state index is 11.6. The molecular formula is C10H19NO2. The molecule has 3 nitrogen and oxygen atoms in total. The van der Waals surface area contributed by atoms with Gasteiger partial charge in [-0.15, -0.1) is 0 Å². The van der Waals surface area contributed by atoms with Crippen molar-refractivity contribution in [2.75, 3.05) is 13.7 Å². The predicted octanol–water partition coefficient (Wildman–Crippen LogP) is 1.49. The lowest BCUT2D eigenvalue weighted by Crippen LogP contribution is -2.45. The molecule has 0 fully saturated rings. The van der Waals surface area contributed by atoms with Crippen LogP contribution in [0.3, 0.4) is 0 Å². The standard InChI is InChI=1S/C10H19NO2/c1-6-10(4,13-5)9(12)11-7-8(2)3/h2,6-7H2,1,3-5H3,(H,11,12). The highest BCUT2D eigenvalue weighted by molar-refractivity contribution is 5.84. The summed E-state index contributed by atoms with van der Waals surface area (Å²) in [5.41, 5.74) is 0.220. The first-order valence-electron chi connectivity index (χ1n) is 4.44. The first-order chi connectivity index (χ1) is 5.96. The van der Waals surface area contributed by atoms with Crippen LogP contribution in [0.1, 0.15) is 27.2 Å². The molecule has 0 bridgehead atoms. The van der Waals surface area contributed by atoms with Crippen molar-refractivity contribution in [2.24, 2.45) is 0 Å². The number of amides is 1. The molecule has 1 unspecified atom stereocenters. The van der Waals surface area contributed by atoms with Gasteiger partial charge in [0.05, 0.1) is 0 Å². The fourth-order valence-corrected chi connectivity index (χ4v) is 0.816. The third-order valence-corrected chi connectivity index (χ3v) is 2.16. The molecule has 76 valence electrons. The van der Waals surface area contributed by atoms with E-state index in [1.54, 1.807) is 14.0 Å². The van der Waals surface area contributed by atoms with Gasteiger partial charge in [0.25, 0.3) is 5.91 Å². The Morgan fingerprint density at radius 1 is 1.62 bits per heavy atom. The molecule has 0 aromatic heterocycles. The van der Waals surface area contributed by atoms with Crippen LogP contribution in [-0.2, 0) is 9.53 Å². The zero-order chi connectivity index (χ0) is 10.5. The van der Waals surface area contributed by atoms with E-state index in [1.807, 2.05) is 13.8 Å². The summed E-state index contributed by atoms with van der Waals surface area (Å²) < 4.78 is 5.14. The number of nitrogens with one attached hydrogen (secondary N) is 1. The number of rotatable bonds is 5. The Labute approximate surface area is 80.2 Å². The fraction of sp³-hybridized carbons (Fsp3) is 0.700. The normalized spacial score (nSPS) is 14.8. The van der Waals surface area contributed by atoms with Gasteiger partial charge in [0, 0.05) is 13.7 Å². The fourth-order valence-electron chi connectivity index (χ4n) is 0.816. The smallest absolute Gasteiger partial charge is 0.252 e. The summed E-state index contributed by atoms with van der Waals surface area (Å²) in [5.74, 6) is -0.0829. The Hall–Kier alpha value is -0.830. The largest absolute Gasteiger partial charge is 0.369 e. The second kappa shape index (κ2) is 5.02. The highest BCUT2D eigenvalue weighted by Crippen LogP contribution is 2.13. The lowest BCUT2D eigenvalue weighted by Gasteiger charge is -2.25. The van der Waals surface area contributed by atoms with Crippen molar-refractivity contribution < 1.29 is 9.53 Å². The van der Waals surface area contributed by atoms with Crippen LogP contribution in [0.15, 0.2) is 12.2 Å². The molecule has 0 saturated carbocycles. The molecule has 0 spiro atoms. The molecule has 1 atom stereocenters. The van der Waals surface area contributed by atoms with E-state index in [0.29, 0.717) is 13.0 Å². The van der Waals surface area contributed by atoms with Crippen molar-refractivity contribution in [3.05, 3.63) is 12.2 Å². The van der Waals surface area contributed by atoms with E-state index in [0.717, 1.165) is 5.57 Å². The molecule has 0 aromatic carbocycles. The van der Waals surface area contributed by atoms with Gasteiger partial charge >= 0.3 is 0 Å². The lowest BCUT2D eigenvalue weighted by atomic mass is 10.0. The van der Waals surface area contributed by atoms with E-state index >= 15 is 0 Å². The molecule has 0 aliphatic carbocycles. The maximum absolute atomic E-state index is 11.6. The first kappa shape index (κ1) is 12.2. The Balaban J connectivity index is 4.15. The van der Waals surface area contributed by atoms with Crippen molar-refractivity contribution in [2.45, 2.75) is 32.8 Å². The van der Waals surface area contributed by atoms with Crippen LogP contribution in [0.5, 0.6) is 0 Å². The van der Waals surface area contributed by atoms with Crippen molar-refractivity contribution >= 4 is 5.91 Å². The van der Waals surface area contributed by atoms with Crippen molar-refractivity contribution in [1.82, 2.24) is 5.32 Å². The first-order valence-corrected chi connectivity index (χ1v) is 4.44. The molecule has 0 saturated heterocycles. The van der Waals surface area contributed by atoms with Gasteiger partial charge in [0.1, 0.15) is 5.60 Å². The van der Waals surface area contributed by atoms with Gasteiger partial charge in [0.2, 0.25) is 0 Å². The van der Waals surface area contributed by atoms with Crippen LogP contribution in [0.25, 0.3) is 0 Å². The van der Waals surface area contributed by atoms with Gasteiger partial charge in [-0.2, -0.15) is 0 Å². The Bertz CT molecular complexity index is 195. The SMILES string of the molecule is C=C(C)CNC(=O)C(C)(CC)OC. The molecule has 0 rings (SSSR count). The molecule has 13 heavy (non-hydrogen) atoms. The highest BCUT2D eigenvalue weighted by Gasteiger charge is 2.30. The predicted molar refractivity (Wildman–Crippen MR) is 53.5 cm³/mol. The average Bonchev–Trinajstić information content (AvgIpc) is 2.12.